The molecule has 0 radical (unpaired) electrons. The summed E-state index contributed by atoms with van der Waals surface area (Å²) in [6.07, 6.45) is 4.73. The van der Waals surface area contributed by atoms with Gasteiger partial charge in [0.15, 0.2) is 0 Å². The molecular formula is C17H15N3O3S. The van der Waals surface area contributed by atoms with Gasteiger partial charge in [-0.2, -0.15) is 0 Å². The molecule has 122 valence electrons. The minimum atomic E-state index is -0.221. The third-order valence-corrected chi connectivity index (χ3v) is 4.82. The molecule has 0 unspecified atom stereocenters. The Bertz CT molecular complexity index is 817. The average Bonchev–Trinajstić information content (AvgIpc) is 3.34. The number of amides is 1. The average molecular weight is 341 g/mol. The van der Waals surface area contributed by atoms with Crippen LogP contribution in [0.25, 0.3) is 10.7 Å². The number of nitrogens with zero attached hydrogens (tertiary/aromatic N) is 3. The molecule has 0 bridgehead atoms. The van der Waals surface area contributed by atoms with Crippen LogP contribution in [0, 0.1) is 0 Å². The number of morpholine rings is 1. The lowest BCUT2D eigenvalue weighted by molar-refractivity contribution is -0.0319. The van der Waals surface area contributed by atoms with Crippen LogP contribution in [0.3, 0.4) is 0 Å². The lowest BCUT2D eigenvalue weighted by Gasteiger charge is -2.31. The molecule has 1 aliphatic heterocycles. The summed E-state index contributed by atoms with van der Waals surface area (Å²) < 4.78 is 11.1. The fourth-order valence-electron chi connectivity index (χ4n) is 2.62. The normalized spacial score (nSPS) is 17.8. The van der Waals surface area contributed by atoms with E-state index in [1.807, 2.05) is 30.3 Å². The van der Waals surface area contributed by atoms with Crippen LogP contribution >= 0.6 is 11.3 Å². The van der Waals surface area contributed by atoms with Gasteiger partial charge in [0, 0.05) is 12.7 Å². The van der Waals surface area contributed by atoms with E-state index in [1.165, 1.54) is 11.3 Å². The number of pyridine rings is 1. The van der Waals surface area contributed by atoms with Gasteiger partial charge in [-0.1, -0.05) is 6.07 Å². The minimum absolute atomic E-state index is 0.0328. The summed E-state index contributed by atoms with van der Waals surface area (Å²) >= 11 is 1.36. The second kappa shape index (κ2) is 6.54. The maximum Gasteiger partial charge on any atom is 0.265 e. The summed E-state index contributed by atoms with van der Waals surface area (Å²) in [5.41, 5.74) is 0.775. The highest BCUT2D eigenvalue weighted by Gasteiger charge is 2.28. The number of hydrogen-bond acceptors (Lipinski definition) is 6. The van der Waals surface area contributed by atoms with Gasteiger partial charge < -0.3 is 14.1 Å². The SMILES string of the molecule is O=C(c1cnc(-c2ccccn2)s1)N1CCO[C@H](c2ccco2)C1. The van der Waals surface area contributed by atoms with E-state index in [4.69, 9.17) is 9.15 Å². The Morgan fingerprint density at radius 3 is 3.00 bits per heavy atom. The Balaban J connectivity index is 1.50. The molecule has 0 spiro atoms. The molecule has 4 rings (SSSR count). The summed E-state index contributed by atoms with van der Waals surface area (Å²) in [6, 6.07) is 9.33. The molecule has 0 saturated carbocycles. The zero-order valence-electron chi connectivity index (χ0n) is 12.8. The molecule has 1 atom stereocenters. The van der Waals surface area contributed by atoms with Gasteiger partial charge in [0.05, 0.1) is 31.3 Å². The maximum atomic E-state index is 12.7. The molecule has 1 amide bonds. The number of aromatic nitrogens is 2. The topological polar surface area (TPSA) is 68.5 Å². The van der Waals surface area contributed by atoms with E-state index in [0.717, 1.165) is 16.5 Å². The Hall–Kier alpha value is -2.51. The summed E-state index contributed by atoms with van der Waals surface area (Å²) in [5, 5.41) is 0.745. The van der Waals surface area contributed by atoms with Crippen LogP contribution in [0.2, 0.25) is 0 Å². The number of ether oxygens (including phenoxy) is 1. The van der Waals surface area contributed by atoms with E-state index < -0.39 is 0 Å². The van der Waals surface area contributed by atoms with Crippen molar-refractivity contribution < 1.29 is 13.9 Å². The van der Waals surface area contributed by atoms with E-state index in [1.54, 1.807) is 23.6 Å². The van der Waals surface area contributed by atoms with Gasteiger partial charge in [0.25, 0.3) is 5.91 Å². The zero-order valence-corrected chi connectivity index (χ0v) is 13.6. The highest BCUT2D eigenvalue weighted by molar-refractivity contribution is 7.16. The lowest BCUT2D eigenvalue weighted by Crippen LogP contribution is -2.41. The largest absolute Gasteiger partial charge is 0.467 e. The Labute approximate surface area is 142 Å². The quantitative estimate of drug-likeness (QED) is 0.732. The summed E-state index contributed by atoms with van der Waals surface area (Å²) in [7, 11) is 0. The van der Waals surface area contributed by atoms with Crippen molar-refractivity contribution in [3.05, 3.63) is 59.6 Å². The summed E-state index contributed by atoms with van der Waals surface area (Å²) in [6.45, 7) is 1.53. The summed E-state index contributed by atoms with van der Waals surface area (Å²) in [4.78, 5) is 23.7. The van der Waals surface area contributed by atoms with Crippen molar-refractivity contribution in [2.24, 2.45) is 0 Å². The van der Waals surface area contributed by atoms with Crippen molar-refractivity contribution in [1.29, 1.82) is 0 Å². The molecule has 1 fully saturated rings. The molecule has 1 saturated heterocycles. The van der Waals surface area contributed by atoms with Crippen LogP contribution in [0.15, 0.2) is 53.4 Å². The number of carbonyl (C=O) groups is 1. The molecular weight excluding hydrogens is 326 g/mol. The number of rotatable bonds is 3. The smallest absolute Gasteiger partial charge is 0.265 e. The predicted octanol–water partition coefficient (Wildman–Crippen LogP) is 3.01. The van der Waals surface area contributed by atoms with E-state index in [9.17, 15) is 4.79 Å². The molecule has 6 nitrogen and oxygen atoms in total. The fourth-order valence-corrected chi connectivity index (χ4v) is 3.48. The first kappa shape index (κ1) is 15.0. The predicted molar refractivity (Wildman–Crippen MR) is 88.6 cm³/mol. The fraction of sp³-hybridized carbons (Fsp3) is 0.235. The molecule has 0 N–H and O–H groups in total. The van der Waals surface area contributed by atoms with Gasteiger partial charge in [-0.25, -0.2) is 4.98 Å². The van der Waals surface area contributed by atoms with Crippen molar-refractivity contribution in [2.45, 2.75) is 6.10 Å². The van der Waals surface area contributed by atoms with Gasteiger partial charge in [0.2, 0.25) is 0 Å². The second-order valence-electron chi connectivity index (χ2n) is 5.37. The van der Waals surface area contributed by atoms with E-state index in [0.29, 0.717) is 24.6 Å². The van der Waals surface area contributed by atoms with E-state index in [-0.39, 0.29) is 12.0 Å². The molecule has 3 aromatic rings. The van der Waals surface area contributed by atoms with Gasteiger partial charge >= 0.3 is 0 Å². The number of carbonyl (C=O) groups excluding carboxylic acids is 1. The maximum absolute atomic E-state index is 12.7. The van der Waals surface area contributed by atoms with Crippen LogP contribution in [0.5, 0.6) is 0 Å². The number of thiazole rings is 1. The van der Waals surface area contributed by atoms with Crippen molar-refractivity contribution >= 4 is 17.2 Å². The first-order valence-corrected chi connectivity index (χ1v) is 8.44. The number of furan rings is 1. The van der Waals surface area contributed by atoms with Gasteiger partial charge in [0.1, 0.15) is 21.7 Å². The monoisotopic (exact) mass is 341 g/mol. The van der Waals surface area contributed by atoms with Gasteiger partial charge in [-0.3, -0.25) is 9.78 Å². The van der Waals surface area contributed by atoms with Crippen molar-refractivity contribution in [1.82, 2.24) is 14.9 Å². The van der Waals surface area contributed by atoms with Crippen LogP contribution in [-0.2, 0) is 4.74 Å². The third-order valence-electron chi connectivity index (χ3n) is 3.81. The highest BCUT2D eigenvalue weighted by atomic mass is 32.1. The van der Waals surface area contributed by atoms with Crippen LogP contribution in [-0.4, -0.2) is 40.5 Å². The lowest BCUT2D eigenvalue weighted by atomic mass is 10.2. The Morgan fingerprint density at radius 2 is 2.21 bits per heavy atom. The van der Waals surface area contributed by atoms with Crippen molar-refractivity contribution in [3.8, 4) is 10.7 Å². The zero-order chi connectivity index (χ0) is 16.4. The molecule has 4 heterocycles. The van der Waals surface area contributed by atoms with E-state index in [2.05, 4.69) is 9.97 Å². The molecule has 24 heavy (non-hydrogen) atoms. The van der Waals surface area contributed by atoms with Gasteiger partial charge in [-0.05, 0) is 24.3 Å². The molecule has 1 aliphatic rings. The first-order chi connectivity index (χ1) is 11.8. The third kappa shape index (κ3) is 2.95. The van der Waals surface area contributed by atoms with Crippen LogP contribution < -0.4 is 0 Å². The molecule has 0 aliphatic carbocycles. The molecule has 0 aromatic carbocycles. The highest BCUT2D eigenvalue weighted by Crippen LogP contribution is 2.27. The standard InChI is InChI=1S/C17H15N3O3S/c21-17(15-10-19-16(24-15)12-4-1-2-6-18-12)20-7-9-23-14(11-20)13-5-3-8-22-13/h1-6,8,10,14H,7,9,11H2/t14-/m0/s1. The second-order valence-corrected chi connectivity index (χ2v) is 6.40. The summed E-state index contributed by atoms with van der Waals surface area (Å²) in [5.74, 6) is 0.709. The molecule has 3 aromatic heterocycles. The van der Waals surface area contributed by atoms with Crippen molar-refractivity contribution in [2.75, 3.05) is 19.7 Å². The van der Waals surface area contributed by atoms with Gasteiger partial charge in [-0.15, -0.1) is 11.3 Å². The van der Waals surface area contributed by atoms with Crippen LogP contribution in [0.4, 0.5) is 0 Å². The minimum Gasteiger partial charge on any atom is -0.467 e. The van der Waals surface area contributed by atoms with Crippen molar-refractivity contribution in [3.63, 3.8) is 0 Å². The van der Waals surface area contributed by atoms with E-state index >= 15 is 0 Å². The molecule has 7 heteroatoms. The Kier molecular flexibility index (Phi) is 4.10. The number of hydrogen-bond donors (Lipinski definition) is 0. The Morgan fingerprint density at radius 1 is 1.25 bits per heavy atom. The van der Waals surface area contributed by atoms with Crippen LogP contribution in [0.1, 0.15) is 21.5 Å². The first-order valence-electron chi connectivity index (χ1n) is 7.63.